The van der Waals surface area contributed by atoms with Gasteiger partial charge in [0.05, 0.1) is 22.8 Å². The van der Waals surface area contributed by atoms with Gasteiger partial charge in [0.1, 0.15) is 25.9 Å². The number of hydrogen-bond donors (Lipinski definition) is 0. The summed E-state index contributed by atoms with van der Waals surface area (Å²) in [5.41, 5.74) is 5.68. The maximum Gasteiger partial charge on any atom is 0.129 e. The molecular formula is C50H111N5O4. The molecule has 0 aromatic rings. The molecule has 0 spiro atoms. The van der Waals surface area contributed by atoms with E-state index in [9.17, 15) is 0 Å². The molecule has 0 unspecified atom stereocenters. The number of aliphatic imine (C=N–C) groups is 1. The summed E-state index contributed by atoms with van der Waals surface area (Å²) >= 11 is 0. The van der Waals surface area contributed by atoms with Crippen molar-refractivity contribution in [1.29, 1.82) is 0 Å². The number of oxime groups is 4. The molecule has 360 valence electrons. The molecule has 9 nitrogen and oxygen atoms in total. The Morgan fingerprint density at radius 3 is 0.712 bits per heavy atom. The largest absolute Gasteiger partial charge is 0.399 e. The third-order valence-electron chi connectivity index (χ3n) is 7.39. The van der Waals surface area contributed by atoms with E-state index in [4.69, 9.17) is 19.4 Å². The van der Waals surface area contributed by atoms with Crippen LogP contribution in [0.2, 0.25) is 0 Å². The first-order valence-corrected chi connectivity index (χ1v) is 22.2. The highest BCUT2D eigenvalue weighted by molar-refractivity contribution is 5.89. The average Bonchev–Trinajstić information content (AvgIpc) is 3.04. The summed E-state index contributed by atoms with van der Waals surface area (Å²) in [6.07, 6.45) is 1.25. The van der Waals surface area contributed by atoms with E-state index in [0.29, 0.717) is 72.4 Å². The van der Waals surface area contributed by atoms with Gasteiger partial charge in [0.15, 0.2) is 0 Å². The fourth-order valence-corrected chi connectivity index (χ4v) is 5.27. The zero-order valence-corrected chi connectivity index (χ0v) is 43.8. The minimum atomic E-state index is -0.185. The molecule has 0 atom stereocenters. The lowest BCUT2D eigenvalue weighted by atomic mass is 9.98. The van der Waals surface area contributed by atoms with Crippen molar-refractivity contribution < 1.29 is 19.4 Å². The minimum Gasteiger partial charge on any atom is -0.399 e. The Morgan fingerprint density at radius 2 is 0.593 bits per heavy atom. The van der Waals surface area contributed by atoms with Crippen LogP contribution in [0.25, 0.3) is 0 Å². The first-order chi connectivity index (χ1) is 26.0. The van der Waals surface area contributed by atoms with Gasteiger partial charge in [-0.15, -0.1) is 0 Å². The molecule has 0 radical (unpaired) electrons. The van der Waals surface area contributed by atoms with E-state index in [-0.39, 0.29) is 20.5 Å². The second-order valence-electron chi connectivity index (χ2n) is 18.2. The molecule has 0 N–H and O–H groups in total. The average molecular weight is 846 g/mol. The van der Waals surface area contributed by atoms with Crippen molar-refractivity contribution >= 4 is 28.6 Å². The molecular weight excluding hydrogens is 735 g/mol. The molecule has 59 heavy (non-hydrogen) atoms. The lowest BCUT2D eigenvalue weighted by molar-refractivity contribution is -0.000607. The second-order valence-corrected chi connectivity index (χ2v) is 18.2. The van der Waals surface area contributed by atoms with Crippen molar-refractivity contribution in [1.82, 2.24) is 0 Å². The Labute approximate surface area is 372 Å². The van der Waals surface area contributed by atoms with E-state index < -0.39 is 0 Å². The Morgan fingerprint density at radius 1 is 0.390 bits per heavy atom. The van der Waals surface area contributed by atoms with Crippen LogP contribution in [0.1, 0.15) is 208 Å². The molecule has 0 aliphatic carbocycles. The van der Waals surface area contributed by atoms with Crippen molar-refractivity contribution in [2.45, 2.75) is 214 Å². The van der Waals surface area contributed by atoms with Gasteiger partial charge in [0, 0.05) is 12.8 Å². The lowest BCUT2D eigenvalue weighted by Crippen LogP contribution is -2.21. The predicted octanol–water partition coefficient (Wildman–Crippen LogP) is 16.2. The van der Waals surface area contributed by atoms with Crippen LogP contribution in [-0.2, 0) is 19.4 Å². The lowest BCUT2D eigenvalue weighted by Gasteiger charge is -2.19. The highest BCUT2D eigenvalue weighted by atomic mass is 16.6. The van der Waals surface area contributed by atoms with Crippen LogP contribution in [0.15, 0.2) is 25.6 Å². The number of nitrogens with zero attached hydrogens (tertiary/aromatic N) is 5. The van der Waals surface area contributed by atoms with Gasteiger partial charge in [-0.1, -0.05) is 194 Å². The van der Waals surface area contributed by atoms with Gasteiger partial charge in [-0.05, 0) is 93.8 Å². The molecule has 0 aliphatic rings. The summed E-state index contributed by atoms with van der Waals surface area (Å²) in [5.74, 6) is 5.06. The minimum absolute atomic E-state index is 0. The first-order valence-electron chi connectivity index (χ1n) is 22.2. The van der Waals surface area contributed by atoms with Gasteiger partial charge >= 0.3 is 0 Å². The molecule has 0 fully saturated rings. The van der Waals surface area contributed by atoms with Crippen molar-refractivity contribution in [2.24, 2.45) is 84.8 Å². The summed E-state index contributed by atoms with van der Waals surface area (Å²) < 4.78 is 0. The molecule has 0 aromatic heterocycles. The van der Waals surface area contributed by atoms with Crippen LogP contribution in [-0.4, -0.2) is 61.5 Å². The first kappa shape index (κ1) is 74.0. The molecule has 0 rings (SSSR count). The molecule has 0 aliphatic heterocycles. The SMILES string of the molecule is C.C.CC(C)C(=NOC(C)(C)C)C(C)C.CCC.CCON=C(C(C)C)C(C)C.CCON=C(C(C)C)C(C)C.CN=C(C(C)C)C(C)C.CON=C(C(C)C)C(C)C. The summed E-state index contributed by atoms with van der Waals surface area (Å²) in [7, 11) is 3.46. The van der Waals surface area contributed by atoms with Crippen LogP contribution in [0.3, 0.4) is 0 Å². The molecule has 0 bridgehead atoms. The molecule has 0 saturated carbocycles. The van der Waals surface area contributed by atoms with Crippen molar-refractivity contribution in [2.75, 3.05) is 27.4 Å². The van der Waals surface area contributed by atoms with Crippen molar-refractivity contribution in [3.8, 4) is 0 Å². The summed E-state index contributed by atoms with van der Waals surface area (Å²) in [6.45, 7) is 58.4. The summed E-state index contributed by atoms with van der Waals surface area (Å²) in [5, 5.41) is 16.3. The van der Waals surface area contributed by atoms with E-state index in [1.807, 2.05) is 41.7 Å². The third-order valence-corrected chi connectivity index (χ3v) is 7.39. The van der Waals surface area contributed by atoms with Crippen molar-refractivity contribution in [3.05, 3.63) is 0 Å². The molecule has 0 amide bonds. The van der Waals surface area contributed by atoms with E-state index in [1.165, 1.54) is 12.1 Å². The van der Waals surface area contributed by atoms with Crippen LogP contribution < -0.4 is 0 Å². The van der Waals surface area contributed by atoms with E-state index >= 15 is 0 Å². The van der Waals surface area contributed by atoms with Gasteiger partial charge in [0.2, 0.25) is 0 Å². The third kappa shape index (κ3) is 49.8. The second kappa shape index (κ2) is 45.1. The van der Waals surface area contributed by atoms with E-state index in [1.54, 1.807) is 7.11 Å². The normalized spacial score (nSPS) is 10.2. The maximum absolute atomic E-state index is 5.40. The highest BCUT2D eigenvalue weighted by Gasteiger charge is 2.15. The fraction of sp³-hybridized carbons (Fsp3) is 0.900. The highest BCUT2D eigenvalue weighted by Crippen LogP contribution is 2.14. The fourth-order valence-electron chi connectivity index (χ4n) is 5.27. The Bertz CT molecular complexity index is 962. The Balaban J connectivity index is -0.0000000898. The predicted molar refractivity (Wildman–Crippen MR) is 272 cm³/mol. The maximum atomic E-state index is 5.40. The smallest absolute Gasteiger partial charge is 0.129 e. The number of hydrogen-bond acceptors (Lipinski definition) is 9. The summed E-state index contributed by atoms with van der Waals surface area (Å²) in [4.78, 5) is 24.3. The standard InChI is InChI=1S/C11H23NO.2C9H19NO.C8H17NO.C8H17N.C3H8.2CH4/c1-8(2)10(9(3)4)12-13-11(5,6)7;2*1-6-11-10-9(7(2)3)8(4)5;1-6(2)8(7(3)4)9-10-5;1-6(2)8(9-5)7(3)4;1-3-2;;/h8-9H,1-7H3;2*7-8H,6H2,1-5H3;6-7H,1-5H3;6-7H,1-5H3;3H2,1-2H3;2*1H4. The van der Waals surface area contributed by atoms with Gasteiger partial charge in [-0.25, -0.2) is 0 Å². The van der Waals surface area contributed by atoms with E-state index in [0.717, 1.165) is 22.8 Å². The number of rotatable bonds is 16. The van der Waals surface area contributed by atoms with Crippen LogP contribution in [0, 0.1) is 59.2 Å². The quantitative estimate of drug-likeness (QED) is 0.114. The molecule has 9 heteroatoms. The molecule has 0 heterocycles. The zero-order valence-electron chi connectivity index (χ0n) is 43.8. The Kier molecular flexibility index (Phi) is 56.6. The molecule has 0 aromatic carbocycles. The monoisotopic (exact) mass is 846 g/mol. The van der Waals surface area contributed by atoms with Crippen molar-refractivity contribution in [3.63, 3.8) is 0 Å². The van der Waals surface area contributed by atoms with Gasteiger partial charge in [-0.3, -0.25) is 4.99 Å². The van der Waals surface area contributed by atoms with Crippen LogP contribution >= 0.6 is 0 Å². The summed E-state index contributed by atoms with van der Waals surface area (Å²) in [6, 6.07) is 0. The van der Waals surface area contributed by atoms with Gasteiger partial charge in [0.25, 0.3) is 0 Å². The van der Waals surface area contributed by atoms with E-state index in [2.05, 4.69) is 178 Å². The Hall–Kier alpha value is -2.45. The zero-order chi connectivity index (χ0) is 46.6. The van der Waals surface area contributed by atoms with Crippen LogP contribution in [0.5, 0.6) is 0 Å². The topological polar surface area (TPSA) is 98.7 Å². The molecule has 0 saturated heterocycles. The van der Waals surface area contributed by atoms with Gasteiger partial charge in [-0.2, -0.15) is 0 Å². The van der Waals surface area contributed by atoms with Crippen LogP contribution in [0.4, 0.5) is 0 Å². The van der Waals surface area contributed by atoms with Gasteiger partial charge < -0.3 is 19.4 Å².